The van der Waals surface area contributed by atoms with Crippen molar-refractivity contribution in [3.63, 3.8) is 0 Å². The lowest BCUT2D eigenvalue weighted by atomic mass is 10.3. The molecule has 0 aliphatic rings. The molecule has 1 unspecified atom stereocenters. The Labute approximate surface area is 101 Å². The molecule has 0 aliphatic carbocycles. The van der Waals surface area contributed by atoms with E-state index in [-0.39, 0.29) is 19.0 Å². The summed E-state index contributed by atoms with van der Waals surface area (Å²) >= 11 is 0.966. The van der Waals surface area contributed by atoms with E-state index in [1.54, 1.807) is 0 Å². The average molecular weight is 269 g/mol. The number of hydrogen-bond donors (Lipinski definition) is 3. The molecule has 1 aromatic heterocycles. The van der Waals surface area contributed by atoms with Crippen molar-refractivity contribution in [2.24, 2.45) is 0 Å². The van der Waals surface area contributed by atoms with Gasteiger partial charge in [0.05, 0.1) is 18.3 Å². The number of rotatable bonds is 8. The molecule has 0 spiro atoms. The highest BCUT2D eigenvalue weighted by atomic mass is 32.1. The van der Waals surface area contributed by atoms with Crippen molar-refractivity contribution in [3.8, 4) is 5.88 Å². The molecule has 98 valence electrons. The Morgan fingerprint density at radius 3 is 2.94 bits per heavy atom. The van der Waals surface area contributed by atoms with E-state index in [1.807, 2.05) is 0 Å². The van der Waals surface area contributed by atoms with E-state index < -0.39 is 25.2 Å². The Bertz CT molecular complexity index is 313. The van der Waals surface area contributed by atoms with E-state index in [4.69, 9.17) is 9.84 Å². The van der Waals surface area contributed by atoms with Crippen LogP contribution in [0.5, 0.6) is 5.88 Å². The number of aromatic nitrogens is 2. The molecule has 0 amide bonds. The molecule has 1 heterocycles. The van der Waals surface area contributed by atoms with Crippen LogP contribution in [0.2, 0.25) is 0 Å². The third-order valence-electron chi connectivity index (χ3n) is 1.76. The van der Waals surface area contributed by atoms with E-state index in [0.29, 0.717) is 0 Å². The first-order valence-electron chi connectivity index (χ1n) is 4.81. The predicted octanol–water partition coefficient (Wildman–Crippen LogP) is -0.505. The Morgan fingerprint density at radius 1 is 1.59 bits per heavy atom. The van der Waals surface area contributed by atoms with Gasteiger partial charge in [-0.25, -0.2) is 8.78 Å². The van der Waals surface area contributed by atoms with Crippen molar-refractivity contribution >= 4 is 11.7 Å². The minimum absolute atomic E-state index is 0.0623. The lowest BCUT2D eigenvalue weighted by molar-refractivity contribution is -0.0493. The van der Waals surface area contributed by atoms with Gasteiger partial charge in [-0.15, -0.1) is 4.37 Å². The molecule has 0 bridgehead atoms. The zero-order valence-electron chi connectivity index (χ0n) is 8.84. The monoisotopic (exact) mass is 269 g/mol. The minimum atomic E-state index is -3.18. The van der Waals surface area contributed by atoms with Crippen LogP contribution in [0, 0.1) is 0 Å². The number of nitrogens with one attached hydrogen (secondary N) is 1. The third-order valence-corrected chi connectivity index (χ3v) is 2.22. The zero-order chi connectivity index (χ0) is 12.7. The first-order chi connectivity index (χ1) is 8.03. The second kappa shape index (κ2) is 6.74. The van der Waals surface area contributed by atoms with Gasteiger partial charge in [-0.1, -0.05) is 0 Å². The highest BCUT2D eigenvalue weighted by molar-refractivity contribution is 6.99. The molecule has 0 aromatic carbocycles. The van der Waals surface area contributed by atoms with Gasteiger partial charge in [0.2, 0.25) is 5.88 Å². The van der Waals surface area contributed by atoms with Gasteiger partial charge >= 0.3 is 0 Å². The van der Waals surface area contributed by atoms with Gasteiger partial charge in [-0.3, -0.25) is 0 Å². The van der Waals surface area contributed by atoms with Crippen molar-refractivity contribution in [1.29, 1.82) is 0 Å². The van der Waals surface area contributed by atoms with Gasteiger partial charge in [0.1, 0.15) is 25.5 Å². The second-order valence-electron chi connectivity index (χ2n) is 3.36. The normalized spacial score (nSPS) is 13.6. The highest BCUT2D eigenvalue weighted by Gasteiger charge is 2.27. The van der Waals surface area contributed by atoms with Gasteiger partial charge in [-0.05, 0) is 0 Å². The smallest absolute Gasteiger partial charge is 0.282 e. The number of hydrogen-bond acceptors (Lipinski definition) is 7. The van der Waals surface area contributed by atoms with Gasteiger partial charge in [0, 0.05) is 6.54 Å². The summed E-state index contributed by atoms with van der Waals surface area (Å²) in [6, 6.07) is 0. The largest absolute Gasteiger partial charge is 0.473 e. The third kappa shape index (κ3) is 5.82. The molecule has 0 fully saturated rings. The van der Waals surface area contributed by atoms with Gasteiger partial charge in [0.15, 0.2) is 0 Å². The van der Waals surface area contributed by atoms with Crippen LogP contribution < -0.4 is 10.1 Å². The standard InChI is InChI=1S/C8H13F2N3O3S/c9-8(10,5-14)4-11-1-6(15)3-16-7-2-12-17-13-7/h2,6,11,14-15H,1,3-5H2. The van der Waals surface area contributed by atoms with Crippen LogP contribution in [0.1, 0.15) is 0 Å². The van der Waals surface area contributed by atoms with E-state index in [9.17, 15) is 13.9 Å². The van der Waals surface area contributed by atoms with Crippen molar-refractivity contribution in [1.82, 2.24) is 14.1 Å². The summed E-state index contributed by atoms with van der Waals surface area (Å²) in [6.07, 6.45) is 0.455. The molecular formula is C8H13F2N3O3S. The molecule has 0 radical (unpaired) electrons. The van der Waals surface area contributed by atoms with E-state index in [2.05, 4.69) is 14.1 Å². The topological polar surface area (TPSA) is 87.5 Å². The fraction of sp³-hybridized carbons (Fsp3) is 0.750. The lowest BCUT2D eigenvalue weighted by Crippen LogP contribution is -2.40. The summed E-state index contributed by atoms with van der Waals surface area (Å²) in [4.78, 5) is 0. The maximum absolute atomic E-state index is 12.6. The minimum Gasteiger partial charge on any atom is -0.473 e. The fourth-order valence-corrected chi connectivity index (χ4v) is 1.30. The number of halogens is 2. The number of alkyl halides is 2. The molecule has 0 aliphatic heterocycles. The molecule has 1 rings (SSSR count). The molecule has 0 saturated carbocycles. The van der Waals surface area contributed by atoms with Crippen LogP contribution in [0.25, 0.3) is 0 Å². The van der Waals surface area contributed by atoms with Crippen molar-refractivity contribution in [2.45, 2.75) is 12.0 Å². The fourth-order valence-electron chi connectivity index (χ4n) is 0.938. The number of aliphatic hydroxyl groups excluding tert-OH is 2. The van der Waals surface area contributed by atoms with Gasteiger partial charge in [0.25, 0.3) is 5.92 Å². The summed E-state index contributed by atoms with van der Waals surface area (Å²) in [5, 5.41) is 20.0. The number of nitrogens with zero attached hydrogens (tertiary/aromatic N) is 2. The number of ether oxygens (including phenoxy) is 1. The Kier molecular flexibility index (Phi) is 5.62. The molecule has 17 heavy (non-hydrogen) atoms. The predicted molar refractivity (Wildman–Crippen MR) is 56.3 cm³/mol. The van der Waals surface area contributed by atoms with Crippen molar-refractivity contribution in [2.75, 3.05) is 26.3 Å². The van der Waals surface area contributed by atoms with Crippen molar-refractivity contribution < 1.29 is 23.7 Å². The summed E-state index contributed by atoms with van der Waals surface area (Å²) in [6.45, 7) is -2.05. The summed E-state index contributed by atoms with van der Waals surface area (Å²) in [5.41, 5.74) is 0. The Morgan fingerprint density at radius 2 is 2.35 bits per heavy atom. The molecule has 0 saturated heterocycles. The van der Waals surface area contributed by atoms with Crippen LogP contribution >= 0.6 is 11.7 Å². The van der Waals surface area contributed by atoms with Crippen molar-refractivity contribution in [3.05, 3.63) is 6.20 Å². The van der Waals surface area contributed by atoms with Crippen LogP contribution in [0.3, 0.4) is 0 Å². The van der Waals surface area contributed by atoms with Gasteiger partial charge < -0.3 is 20.3 Å². The quantitative estimate of drug-likeness (QED) is 0.589. The first-order valence-corrected chi connectivity index (χ1v) is 5.54. The summed E-state index contributed by atoms with van der Waals surface area (Å²) in [5.74, 6) is -2.89. The van der Waals surface area contributed by atoms with E-state index in [1.165, 1.54) is 6.20 Å². The summed E-state index contributed by atoms with van der Waals surface area (Å²) in [7, 11) is 0. The molecule has 1 aromatic rings. The molecule has 1 atom stereocenters. The van der Waals surface area contributed by atoms with E-state index in [0.717, 1.165) is 11.7 Å². The summed E-state index contributed by atoms with van der Waals surface area (Å²) < 4.78 is 37.6. The Balaban J connectivity index is 2.11. The molecular weight excluding hydrogens is 256 g/mol. The Hall–Kier alpha value is -0.900. The SMILES string of the molecule is OCC(F)(F)CNCC(O)COc1cnsn1. The van der Waals surface area contributed by atoms with Crippen LogP contribution in [-0.2, 0) is 0 Å². The average Bonchev–Trinajstić information content (AvgIpc) is 2.79. The van der Waals surface area contributed by atoms with E-state index >= 15 is 0 Å². The van der Waals surface area contributed by atoms with Crippen LogP contribution in [0.15, 0.2) is 6.20 Å². The number of aliphatic hydroxyl groups is 2. The second-order valence-corrected chi connectivity index (χ2v) is 3.91. The molecule has 6 nitrogen and oxygen atoms in total. The lowest BCUT2D eigenvalue weighted by Gasteiger charge is -2.16. The molecule has 3 N–H and O–H groups in total. The zero-order valence-corrected chi connectivity index (χ0v) is 9.66. The maximum atomic E-state index is 12.6. The molecule has 9 heteroatoms. The van der Waals surface area contributed by atoms with Crippen LogP contribution in [-0.4, -0.2) is 57.3 Å². The maximum Gasteiger partial charge on any atom is 0.282 e. The first kappa shape index (κ1) is 14.2. The van der Waals surface area contributed by atoms with Gasteiger partial charge in [-0.2, -0.15) is 4.37 Å². The van der Waals surface area contributed by atoms with Crippen LogP contribution in [0.4, 0.5) is 8.78 Å². The highest BCUT2D eigenvalue weighted by Crippen LogP contribution is 2.09.